The molecular formula is C10H16N2O. The maximum Gasteiger partial charge on any atom is 0.128 e. The quantitative estimate of drug-likeness (QED) is 0.751. The van der Waals surface area contributed by atoms with E-state index in [-0.39, 0.29) is 12.0 Å². The van der Waals surface area contributed by atoms with Crippen molar-refractivity contribution in [2.45, 2.75) is 33.8 Å². The molecule has 3 heteroatoms. The molecule has 0 aliphatic rings. The molecular weight excluding hydrogens is 164 g/mol. The van der Waals surface area contributed by atoms with Crippen LogP contribution in [0.4, 0.5) is 0 Å². The number of rotatable bonds is 2. The molecule has 0 fully saturated rings. The summed E-state index contributed by atoms with van der Waals surface area (Å²) in [5.74, 6) is 0.838. The van der Waals surface area contributed by atoms with E-state index in [1.807, 2.05) is 0 Å². The molecule has 0 aliphatic carbocycles. The Balaban J connectivity index is 2.70. The monoisotopic (exact) mass is 180 g/mol. The van der Waals surface area contributed by atoms with Gasteiger partial charge in [-0.05, 0) is 5.41 Å². The topological polar surface area (TPSA) is 46.0 Å². The Kier molecular flexibility index (Phi) is 2.98. The van der Waals surface area contributed by atoms with Gasteiger partial charge in [0, 0.05) is 24.4 Å². The maximum atomic E-state index is 8.78. The third-order valence-corrected chi connectivity index (χ3v) is 1.63. The van der Waals surface area contributed by atoms with Gasteiger partial charge < -0.3 is 5.11 Å². The predicted octanol–water partition coefficient (Wildman–Crippen LogP) is 1.56. The van der Waals surface area contributed by atoms with E-state index in [0.29, 0.717) is 0 Å². The van der Waals surface area contributed by atoms with Crippen molar-refractivity contribution >= 4 is 0 Å². The van der Waals surface area contributed by atoms with E-state index in [4.69, 9.17) is 5.11 Å². The minimum Gasteiger partial charge on any atom is -0.392 e. The van der Waals surface area contributed by atoms with Crippen LogP contribution in [0.25, 0.3) is 0 Å². The first-order valence-corrected chi connectivity index (χ1v) is 4.42. The first-order chi connectivity index (χ1) is 6.01. The van der Waals surface area contributed by atoms with Gasteiger partial charge in [0.1, 0.15) is 5.82 Å². The first kappa shape index (κ1) is 10.1. The normalized spacial score (nSPS) is 11.7. The molecule has 1 heterocycles. The summed E-state index contributed by atoms with van der Waals surface area (Å²) in [7, 11) is 0. The second kappa shape index (κ2) is 3.83. The minimum atomic E-state index is 0.00972. The zero-order valence-corrected chi connectivity index (χ0v) is 8.41. The average molecular weight is 180 g/mol. The summed E-state index contributed by atoms with van der Waals surface area (Å²) in [6.45, 7) is 6.46. The van der Waals surface area contributed by atoms with Gasteiger partial charge in [0.15, 0.2) is 0 Å². The Morgan fingerprint density at radius 1 is 1.23 bits per heavy atom. The molecule has 0 atom stereocenters. The maximum absolute atomic E-state index is 8.78. The zero-order valence-electron chi connectivity index (χ0n) is 8.41. The average Bonchev–Trinajstić information content (AvgIpc) is 2.03. The van der Waals surface area contributed by atoms with Crippen LogP contribution in [0, 0.1) is 5.41 Å². The van der Waals surface area contributed by atoms with E-state index in [0.717, 1.165) is 17.8 Å². The predicted molar refractivity (Wildman–Crippen MR) is 51.1 cm³/mol. The van der Waals surface area contributed by atoms with Crippen molar-refractivity contribution in [1.29, 1.82) is 0 Å². The second-order valence-electron chi connectivity index (χ2n) is 4.40. The lowest BCUT2D eigenvalue weighted by Crippen LogP contribution is -2.12. The molecule has 0 radical (unpaired) electrons. The number of aromatic nitrogens is 2. The molecule has 0 unspecified atom stereocenters. The molecule has 0 aromatic carbocycles. The fourth-order valence-corrected chi connectivity index (χ4v) is 1.03. The van der Waals surface area contributed by atoms with Crippen molar-refractivity contribution in [3.05, 3.63) is 23.8 Å². The Bertz CT molecular complexity index is 261. The van der Waals surface area contributed by atoms with Crippen molar-refractivity contribution in [2.75, 3.05) is 0 Å². The van der Waals surface area contributed by atoms with Gasteiger partial charge in [-0.3, -0.25) is 0 Å². The van der Waals surface area contributed by atoms with Crippen molar-refractivity contribution in [3.63, 3.8) is 0 Å². The molecule has 1 N–H and O–H groups in total. The number of nitrogens with zero attached hydrogens (tertiary/aromatic N) is 2. The summed E-state index contributed by atoms with van der Waals surface area (Å²) in [6, 6.07) is 0. The Labute approximate surface area is 78.9 Å². The standard InChI is InChI=1S/C10H16N2O/c1-10(2,3)4-9-11-5-8(7-13)6-12-9/h5-6,13H,4,7H2,1-3H3. The van der Waals surface area contributed by atoms with Gasteiger partial charge in [-0.2, -0.15) is 0 Å². The Hall–Kier alpha value is -0.960. The summed E-state index contributed by atoms with van der Waals surface area (Å²) in [5, 5.41) is 8.78. The summed E-state index contributed by atoms with van der Waals surface area (Å²) in [4.78, 5) is 8.33. The number of hydrogen-bond donors (Lipinski definition) is 1. The van der Waals surface area contributed by atoms with Crippen LogP contribution in [0.1, 0.15) is 32.2 Å². The SMILES string of the molecule is CC(C)(C)Cc1ncc(CO)cn1. The van der Waals surface area contributed by atoms with Gasteiger partial charge in [0.25, 0.3) is 0 Å². The number of aliphatic hydroxyl groups is 1. The van der Waals surface area contributed by atoms with Gasteiger partial charge in [-0.15, -0.1) is 0 Å². The van der Waals surface area contributed by atoms with Crippen LogP contribution in [-0.4, -0.2) is 15.1 Å². The summed E-state index contributed by atoms with van der Waals surface area (Å²) < 4.78 is 0. The smallest absolute Gasteiger partial charge is 0.128 e. The fourth-order valence-electron chi connectivity index (χ4n) is 1.03. The van der Waals surface area contributed by atoms with E-state index in [9.17, 15) is 0 Å². The van der Waals surface area contributed by atoms with Crippen LogP contribution in [0.2, 0.25) is 0 Å². The molecule has 3 nitrogen and oxygen atoms in total. The molecule has 0 aliphatic heterocycles. The van der Waals surface area contributed by atoms with Crippen LogP contribution in [0.15, 0.2) is 12.4 Å². The molecule has 1 rings (SSSR count). The lowest BCUT2D eigenvalue weighted by molar-refractivity contribution is 0.280. The van der Waals surface area contributed by atoms with Gasteiger partial charge in [-0.25, -0.2) is 9.97 Å². The van der Waals surface area contributed by atoms with Gasteiger partial charge >= 0.3 is 0 Å². The van der Waals surface area contributed by atoms with Crippen LogP contribution >= 0.6 is 0 Å². The summed E-state index contributed by atoms with van der Waals surface area (Å²) in [5.41, 5.74) is 0.971. The third-order valence-electron chi connectivity index (χ3n) is 1.63. The summed E-state index contributed by atoms with van der Waals surface area (Å²) in [6.07, 6.45) is 4.21. The van der Waals surface area contributed by atoms with Crippen molar-refractivity contribution in [3.8, 4) is 0 Å². The van der Waals surface area contributed by atoms with Gasteiger partial charge in [-0.1, -0.05) is 20.8 Å². The van der Waals surface area contributed by atoms with E-state index in [1.54, 1.807) is 12.4 Å². The molecule has 72 valence electrons. The van der Waals surface area contributed by atoms with Crippen LogP contribution < -0.4 is 0 Å². The molecule has 1 aromatic rings. The second-order valence-corrected chi connectivity index (χ2v) is 4.40. The molecule has 0 bridgehead atoms. The van der Waals surface area contributed by atoms with E-state index >= 15 is 0 Å². The van der Waals surface area contributed by atoms with Crippen LogP contribution in [0.5, 0.6) is 0 Å². The minimum absolute atomic E-state index is 0.00972. The molecule has 13 heavy (non-hydrogen) atoms. The molecule has 0 spiro atoms. The lowest BCUT2D eigenvalue weighted by Gasteiger charge is -2.16. The molecule has 0 saturated heterocycles. The Morgan fingerprint density at radius 3 is 2.15 bits per heavy atom. The molecule has 1 aromatic heterocycles. The third kappa shape index (κ3) is 3.51. The zero-order chi connectivity index (χ0) is 9.90. The van der Waals surface area contributed by atoms with Crippen molar-refractivity contribution in [1.82, 2.24) is 9.97 Å². The van der Waals surface area contributed by atoms with Gasteiger partial charge in [0.05, 0.1) is 6.61 Å². The highest BCUT2D eigenvalue weighted by Crippen LogP contribution is 2.17. The molecule has 0 saturated carbocycles. The van der Waals surface area contributed by atoms with Crippen molar-refractivity contribution < 1.29 is 5.11 Å². The lowest BCUT2D eigenvalue weighted by atomic mass is 9.92. The largest absolute Gasteiger partial charge is 0.392 e. The van der Waals surface area contributed by atoms with E-state index in [1.165, 1.54) is 0 Å². The highest BCUT2D eigenvalue weighted by molar-refractivity contribution is 5.04. The van der Waals surface area contributed by atoms with Crippen molar-refractivity contribution in [2.24, 2.45) is 5.41 Å². The van der Waals surface area contributed by atoms with Gasteiger partial charge in [0.2, 0.25) is 0 Å². The highest BCUT2D eigenvalue weighted by atomic mass is 16.3. The fraction of sp³-hybridized carbons (Fsp3) is 0.600. The first-order valence-electron chi connectivity index (χ1n) is 4.42. The number of hydrogen-bond acceptors (Lipinski definition) is 3. The highest BCUT2D eigenvalue weighted by Gasteiger charge is 2.12. The van der Waals surface area contributed by atoms with Crippen LogP contribution in [0.3, 0.4) is 0 Å². The Morgan fingerprint density at radius 2 is 1.77 bits per heavy atom. The molecule has 0 amide bonds. The van der Waals surface area contributed by atoms with E-state index < -0.39 is 0 Å². The van der Waals surface area contributed by atoms with E-state index in [2.05, 4.69) is 30.7 Å². The number of aliphatic hydroxyl groups excluding tert-OH is 1. The summed E-state index contributed by atoms with van der Waals surface area (Å²) >= 11 is 0. The van der Waals surface area contributed by atoms with Crippen LogP contribution in [-0.2, 0) is 13.0 Å².